The molecular formula is C14H19N3O2. The number of carbonyl (C=O) groups is 2. The molecule has 0 radical (unpaired) electrons. The van der Waals surface area contributed by atoms with Crippen LogP contribution in [0.25, 0.3) is 0 Å². The van der Waals surface area contributed by atoms with Gasteiger partial charge in [-0.25, -0.2) is 0 Å². The van der Waals surface area contributed by atoms with Crippen LogP contribution in [0.4, 0.5) is 0 Å². The van der Waals surface area contributed by atoms with E-state index in [4.69, 9.17) is 5.73 Å². The van der Waals surface area contributed by atoms with Gasteiger partial charge >= 0.3 is 0 Å². The number of amides is 2. The van der Waals surface area contributed by atoms with Crippen molar-refractivity contribution in [3.63, 3.8) is 0 Å². The number of likely N-dealkylation sites (tertiary alicyclic amines) is 1. The van der Waals surface area contributed by atoms with E-state index in [1.807, 2.05) is 0 Å². The summed E-state index contributed by atoms with van der Waals surface area (Å²) in [5, 5.41) is 3.00. The van der Waals surface area contributed by atoms with Crippen molar-refractivity contribution in [1.82, 2.24) is 10.2 Å². The average Bonchev–Trinajstić information content (AvgIpc) is 2.41. The summed E-state index contributed by atoms with van der Waals surface area (Å²) in [5.41, 5.74) is 6.05. The van der Waals surface area contributed by atoms with Gasteiger partial charge in [0.15, 0.2) is 0 Å². The van der Waals surface area contributed by atoms with E-state index in [1.54, 1.807) is 18.2 Å². The van der Waals surface area contributed by atoms with E-state index in [1.165, 1.54) is 6.07 Å². The molecule has 0 atom stereocenters. The van der Waals surface area contributed by atoms with E-state index in [-0.39, 0.29) is 11.9 Å². The molecule has 0 bridgehead atoms. The van der Waals surface area contributed by atoms with Gasteiger partial charge in [-0.05, 0) is 51.2 Å². The first-order chi connectivity index (χ1) is 9.06. The van der Waals surface area contributed by atoms with Gasteiger partial charge in [0.25, 0.3) is 5.91 Å². The third-order valence-electron chi connectivity index (χ3n) is 3.46. The predicted molar refractivity (Wildman–Crippen MR) is 72.9 cm³/mol. The lowest BCUT2D eigenvalue weighted by Gasteiger charge is -2.29. The van der Waals surface area contributed by atoms with E-state index in [0.29, 0.717) is 11.1 Å². The fourth-order valence-electron chi connectivity index (χ4n) is 2.24. The Morgan fingerprint density at radius 2 is 1.89 bits per heavy atom. The van der Waals surface area contributed by atoms with Crippen molar-refractivity contribution in [3.8, 4) is 0 Å². The number of primary amides is 1. The molecule has 5 heteroatoms. The van der Waals surface area contributed by atoms with Gasteiger partial charge < -0.3 is 16.0 Å². The van der Waals surface area contributed by atoms with Gasteiger partial charge in [-0.1, -0.05) is 6.07 Å². The first kappa shape index (κ1) is 13.5. The van der Waals surface area contributed by atoms with Crippen molar-refractivity contribution in [2.45, 2.75) is 18.9 Å². The number of benzene rings is 1. The third-order valence-corrected chi connectivity index (χ3v) is 3.46. The van der Waals surface area contributed by atoms with Crippen molar-refractivity contribution in [3.05, 3.63) is 35.4 Å². The quantitative estimate of drug-likeness (QED) is 0.837. The Bertz CT molecular complexity index is 479. The molecule has 0 aliphatic carbocycles. The topological polar surface area (TPSA) is 75.4 Å². The summed E-state index contributed by atoms with van der Waals surface area (Å²) in [6, 6.07) is 6.71. The van der Waals surface area contributed by atoms with Crippen LogP contribution in [0.2, 0.25) is 0 Å². The molecule has 3 N–H and O–H groups in total. The van der Waals surface area contributed by atoms with Crippen LogP contribution in [-0.4, -0.2) is 42.9 Å². The van der Waals surface area contributed by atoms with E-state index in [0.717, 1.165) is 25.9 Å². The second-order valence-corrected chi connectivity index (χ2v) is 5.00. The molecule has 19 heavy (non-hydrogen) atoms. The lowest BCUT2D eigenvalue weighted by molar-refractivity contribution is 0.0917. The summed E-state index contributed by atoms with van der Waals surface area (Å²) in [6.07, 6.45) is 1.91. The van der Waals surface area contributed by atoms with Crippen LogP contribution in [0.1, 0.15) is 33.6 Å². The minimum atomic E-state index is -0.519. The van der Waals surface area contributed by atoms with Crippen molar-refractivity contribution < 1.29 is 9.59 Å². The van der Waals surface area contributed by atoms with Crippen molar-refractivity contribution >= 4 is 11.8 Å². The highest BCUT2D eigenvalue weighted by Gasteiger charge is 2.19. The summed E-state index contributed by atoms with van der Waals surface area (Å²) in [5.74, 6) is -0.661. The Kier molecular flexibility index (Phi) is 4.16. The lowest BCUT2D eigenvalue weighted by atomic mass is 10.0. The van der Waals surface area contributed by atoms with Crippen LogP contribution in [-0.2, 0) is 0 Å². The minimum Gasteiger partial charge on any atom is -0.366 e. The van der Waals surface area contributed by atoms with Gasteiger partial charge in [-0.2, -0.15) is 0 Å². The number of nitrogens with one attached hydrogen (secondary N) is 1. The molecule has 102 valence electrons. The zero-order valence-corrected chi connectivity index (χ0v) is 11.1. The normalized spacial score (nSPS) is 17.1. The molecule has 1 aliphatic rings. The van der Waals surface area contributed by atoms with Crippen LogP contribution < -0.4 is 11.1 Å². The molecule has 1 saturated heterocycles. The molecule has 1 aromatic carbocycles. The Balaban J connectivity index is 2.00. The van der Waals surface area contributed by atoms with Crippen LogP contribution in [0.15, 0.2) is 24.3 Å². The maximum Gasteiger partial charge on any atom is 0.251 e. The number of hydrogen-bond donors (Lipinski definition) is 2. The maximum absolute atomic E-state index is 12.1. The lowest BCUT2D eigenvalue weighted by Crippen LogP contribution is -2.43. The molecule has 2 rings (SSSR count). The van der Waals surface area contributed by atoms with Gasteiger partial charge in [0.2, 0.25) is 5.91 Å². The van der Waals surface area contributed by atoms with E-state index in [2.05, 4.69) is 17.3 Å². The number of hydrogen-bond acceptors (Lipinski definition) is 3. The zero-order valence-electron chi connectivity index (χ0n) is 11.1. The molecule has 1 fully saturated rings. The number of nitrogens with zero attached hydrogens (tertiary/aromatic N) is 1. The summed E-state index contributed by atoms with van der Waals surface area (Å²) in [7, 11) is 2.08. The van der Waals surface area contributed by atoms with E-state index >= 15 is 0 Å². The molecular weight excluding hydrogens is 242 g/mol. The molecule has 1 aliphatic heterocycles. The van der Waals surface area contributed by atoms with Gasteiger partial charge in [-0.3, -0.25) is 9.59 Å². The largest absolute Gasteiger partial charge is 0.366 e. The maximum atomic E-state index is 12.1. The van der Waals surface area contributed by atoms with Crippen LogP contribution in [0.3, 0.4) is 0 Å². The van der Waals surface area contributed by atoms with Gasteiger partial charge in [0.05, 0.1) is 0 Å². The summed E-state index contributed by atoms with van der Waals surface area (Å²) in [4.78, 5) is 25.4. The second-order valence-electron chi connectivity index (χ2n) is 5.00. The SMILES string of the molecule is CN1CCC(NC(=O)c2cccc(C(N)=O)c2)CC1. The van der Waals surface area contributed by atoms with Crippen LogP contribution in [0, 0.1) is 0 Å². The van der Waals surface area contributed by atoms with Gasteiger partial charge in [-0.15, -0.1) is 0 Å². The standard InChI is InChI=1S/C14H19N3O2/c1-17-7-5-12(6-8-17)16-14(19)11-4-2-3-10(9-11)13(15)18/h2-4,9,12H,5-8H2,1H3,(H2,15,18)(H,16,19). The Labute approximate surface area is 112 Å². The smallest absolute Gasteiger partial charge is 0.251 e. The first-order valence-electron chi connectivity index (χ1n) is 6.45. The van der Waals surface area contributed by atoms with Gasteiger partial charge in [0, 0.05) is 17.2 Å². The molecule has 0 aromatic heterocycles. The predicted octanol–water partition coefficient (Wildman–Crippen LogP) is 0.609. The Hall–Kier alpha value is -1.88. The van der Waals surface area contributed by atoms with Crippen molar-refractivity contribution in [1.29, 1.82) is 0 Å². The van der Waals surface area contributed by atoms with E-state index < -0.39 is 5.91 Å². The highest BCUT2D eigenvalue weighted by Crippen LogP contribution is 2.10. The van der Waals surface area contributed by atoms with Crippen LogP contribution >= 0.6 is 0 Å². The third kappa shape index (κ3) is 3.54. The van der Waals surface area contributed by atoms with Gasteiger partial charge in [0.1, 0.15) is 0 Å². The fraction of sp³-hybridized carbons (Fsp3) is 0.429. The highest BCUT2D eigenvalue weighted by molar-refractivity contribution is 5.99. The van der Waals surface area contributed by atoms with Crippen molar-refractivity contribution in [2.24, 2.45) is 5.73 Å². The second kappa shape index (κ2) is 5.84. The molecule has 0 saturated carbocycles. The number of rotatable bonds is 3. The van der Waals surface area contributed by atoms with Crippen LogP contribution in [0.5, 0.6) is 0 Å². The van der Waals surface area contributed by atoms with E-state index in [9.17, 15) is 9.59 Å². The molecule has 0 spiro atoms. The Morgan fingerprint density at radius 1 is 1.26 bits per heavy atom. The Morgan fingerprint density at radius 3 is 2.53 bits per heavy atom. The first-order valence-corrected chi connectivity index (χ1v) is 6.45. The van der Waals surface area contributed by atoms with Crippen molar-refractivity contribution in [2.75, 3.05) is 20.1 Å². The highest BCUT2D eigenvalue weighted by atomic mass is 16.2. The number of carbonyl (C=O) groups excluding carboxylic acids is 2. The number of nitrogens with two attached hydrogens (primary N) is 1. The summed E-state index contributed by atoms with van der Waals surface area (Å²) in [6.45, 7) is 1.98. The molecule has 0 unspecified atom stereocenters. The summed E-state index contributed by atoms with van der Waals surface area (Å²) < 4.78 is 0. The monoisotopic (exact) mass is 261 g/mol. The summed E-state index contributed by atoms with van der Waals surface area (Å²) >= 11 is 0. The minimum absolute atomic E-state index is 0.141. The molecule has 2 amide bonds. The molecule has 1 aromatic rings. The fourth-order valence-corrected chi connectivity index (χ4v) is 2.24. The molecule has 5 nitrogen and oxygen atoms in total. The number of piperidine rings is 1. The zero-order chi connectivity index (χ0) is 13.8. The average molecular weight is 261 g/mol. The molecule has 1 heterocycles.